The predicted octanol–water partition coefficient (Wildman–Crippen LogP) is 1.59. The molecule has 0 radical (unpaired) electrons. The average molecular weight is 225 g/mol. The highest BCUT2D eigenvalue weighted by molar-refractivity contribution is 7.59. The van der Waals surface area contributed by atoms with Crippen LogP contribution in [0.4, 0.5) is 0 Å². The van der Waals surface area contributed by atoms with Crippen LogP contribution in [0.25, 0.3) is 0 Å². The second kappa shape index (κ2) is 9.02. The molecule has 0 aromatic heterocycles. The summed E-state index contributed by atoms with van der Waals surface area (Å²) in [5, 5.41) is 0. The quantitative estimate of drug-likeness (QED) is 0.669. The van der Waals surface area contributed by atoms with Crippen LogP contribution < -0.4 is 5.73 Å². The molecule has 0 amide bonds. The topological polar surface area (TPSA) is 44.5 Å². The van der Waals surface area contributed by atoms with Gasteiger partial charge in [-0.1, -0.05) is 0 Å². The summed E-state index contributed by atoms with van der Waals surface area (Å²) in [6, 6.07) is 1.01. The van der Waals surface area contributed by atoms with E-state index in [9.17, 15) is 0 Å². The summed E-state index contributed by atoms with van der Waals surface area (Å²) < 4.78 is 11.3. The first-order valence-corrected chi connectivity index (χ1v) is 7.19. The van der Waals surface area contributed by atoms with Crippen LogP contribution in [0.15, 0.2) is 0 Å². The molecule has 0 unspecified atom stereocenters. The molecule has 0 saturated carbocycles. The van der Waals surface area contributed by atoms with Gasteiger partial charge in [0.25, 0.3) is 0 Å². The molecule has 13 heavy (non-hydrogen) atoms. The van der Waals surface area contributed by atoms with E-state index < -0.39 is 8.56 Å². The molecule has 0 aromatic rings. The smallest absolute Gasteiger partial charge is 0.334 e. The molecule has 0 rings (SSSR count). The second-order valence-corrected chi connectivity index (χ2v) is 6.24. The fraction of sp³-hybridized carbons (Fsp3) is 1.00. The SMILES string of the molecule is CCO[Si](C)(CCCN)OCC.S. The van der Waals surface area contributed by atoms with E-state index in [1.54, 1.807) is 0 Å². The molecule has 0 aliphatic rings. The Balaban J connectivity index is 0. The van der Waals surface area contributed by atoms with Crippen molar-refractivity contribution in [3.63, 3.8) is 0 Å². The van der Waals surface area contributed by atoms with Gasteiger partial charge in [0.15, 0.2) is 0 Å². The van der Waals surface area contributed by atoms with Gasteiger partial charge < -0.3 is 14.6 Å². The maximum absolute atomic E-state index is 5.63. The minimum absolute atomic E-state index is 0. The van der Waals surface area contributed by atoms with Crippen LogP contribution in [-0.2, 0) is 8.85 Å². The van der Waals surface area contributed by atoms with Crippen molar-refractivity contribution in [3.05, 3.63) is 0 Å². The highest BCUT2D eigenvalue weighted by Crippen LogP contribution is 2.14. The Bertz CT molecular complexity index is 110. The van der Waals surface area contributed by atoms with Gasteiger partial charge in [-0.05, 0) is 39.4 Å². The van der Waals surface area contributed by atoms with E-state index in [0.717, 1.165) is 32.2 Å². The Labute approximate surface area is 89.7 Å². The summed E-state index contributed by atoms with van der Waals surface area (Å²) in [6.07, 6.45) is 1.00. The summed E-state index contributed by atoms with van der Waals surface area (Å²) >= 11 is 0. The molecule has 82 valence electrons. The van der Waals surface area contributed by atoms with Gasteiger partial charge in [-0.15, -0.1) is 0 Å². The van der Waals surface area contributed by atoms with Gasteiger partial charge in [0.1, 0.15) is 0 Å². The van der Waals surface area contributed by atoms with Crippen molar-refractivity contribution in [1.82, 2.24) is 0 Å². The second-order valence-electron chi connectivity index (χ2n) is 2.89. The van der Waals surface area contributed by atoms with Crippen molar-refractivity contribution >= 4 is 22.1 Å². The molecule has 0 heterocycles. The van der Waals surface area contributed by atoms with Gasteiger partial charge >= 0.3 is 8.56 Å². The van der Waals surface area contributed by atoms with Crippen molar-refractivity contribution in [1.29, 1.82) is 0 Å². The fourth-order valence-electron chi connectivity index (χ4n) is 1.22. The van der Waals surface area contributed by atoms with Crippen LogP contribution in [0.1, 0.15) is 20.3 Å². The maximum Gasteiger partial charge on any atom is 0.334 e. The first kappa shape index (κ1) is 15.9. The Hall–Kier alpha value is 0.447. The molecule has 0 aliphatic carbocycles. The average Bonchev–Trinajstić information content (AvgIpc) is 2.02. The standard InChI is InChI=1S/C8H21NO2Si.H2S/c1-4-10-12(3,11-5-2)8-6-7-9;/h4-9H2,1-3H3;1H2. The molecule has 0 aromatic carbocycles. The van der Waals surface area contributed by atoms with Crippen LogP contribution in [0.2, 0.25) is 12.6 Å². The molecule has 0 fully saturated rings. The van der Waals surface area contributed by atoms with Crippen molar-refractivity contribution in [2.24, 2.45) is 5.73 Å². The van der Waals surface area contributed by atoms with E-state index in [2.05, 4.69) is 6.55 Å². The van der Waals surface area contributed by atoms with Gasteiger partial charge in [0.2, 0.25) is 0 Å². The lowest BCUT2D eigenvalue weighted by molar-refractivity contribution is 0.188. The molecule has 0 spiro atoms. The van der Waals surface area contributed by atoms with Gasteiger partial charge in [0.05, 0.1) is 0 Å². The molecule has 2 N–H and O–H groups in total. The minimum atomic E-state index is -1.85. The van der Waals surface area contributed by atoms with Gasteiger partial charge in [0, 0.05) is 13.2 Å². The molecule has 0 atom stereocenters. The van der Waals surface area contributed by atoms with Gasteiger partial charge in [-0.3, -0.25) is 0 Å². The largest absolute Gasteiger partial charge is 0.395 e. The normalized spacial score (nSPS) is 11.1. The first-order valence-electron chi connectivity index (χ1n) is 4.66. The number of nitrogens with two attached hydrogens (primary N) is 1. The molecule has 0 saturated heterocycles. The predicted molar refractivity (Wildman–Crippen MR) is 63.7 cm³/mol. The van der Waals surface area contributed by atoms with Crippen LogP contribution in [0, 0.1) is 0 Å². The van der Waals surface area contributed by atoms with E-state index in [4.69, 9.17) is 14.6 Å². The van der Waals surface area contributed by atoms with Gasteiger partial charge in [-0.25, -0.2) is 0 Å². The van der Waals surface area contributed by atoms with Crippen LogP contribution in [0.3, 0.4) is 0 Å². The van der Waals surface area contributed by atoms with Crippen molar-refractivity contribution in [3.8, 4) is 0 Å². The maximum atomic E-state index is 5.63. The molecule has 3 nitrogen and oxygen atoms in total. The summed E-state index contributed by atoms with van der Waals surface area (Å²) in [5.74, 6) is 0. The highest BCUT2D eigenvalue weighted by atomic mass is 32.1. The number of hydrogen-bond donors (Lipinski definition) is 1. The fourth-order valence-corrected chi connectivity index (χ4v) is 3.66. The summed E-state index contributed by atoms with van der Waals surface area (Å²) in [4.78, 5) is 0. The first-order chi connectivity index (χ1) is 5.68. The Morgan fingerprint density at radius 2 is 1.62 bits per heavy atom. The monoisotopic (exact) mass is 225 g/mol. The third-order valence-corrected chi connectivity index (χ3v) is 4.79. The Kier molecular flexibility index (Phi) is 11.0. The third-order valence-electron chi connectivity index (χ3n) is 1.73. The zero-order valence-electron chi connectivity index (χ0n) is 8.93. The van der Waals surface area contributed by atoms with E-state index in [0.29, 0.717) is 0 Å². The number of rotatable bonds is 7. The summed E-state index contributed by atoms with van der Waals surface area (Å²) in [7, 11) is -1.85. The molecular formula is C8H23NO2SSi. The molecule has 0 aliphatic heterocycles. The zero-order valence-corrected chi connectivity index (χ0v) is 10.9. The van der Waals surface area contributed by atoms with Crippen LogP contribution >= 0.6 is 13.5 Å². The summed E-state index contributed by atoms with van der Waals surface area (Å²) in [6.45, 7) is 8.33. The lowest BCUT2D eigenvalue weighted by Gasteiger charge is -2.25. The van der Waals surface area contributed by atoms with Crippen LogP contribution in [-0.4, -0.2) is 28.3 Å². The third kappa shape index (κ3) is 7.51. The van der Waals surface area contributed by atoms with Crippen molar-refractivity contribution in [2.75, 3.05) is 19.8 Å². The molecular weight excluding hydrogens is 202 g/mol. The zero-order chi connectivity index (χ0) is 9.45. The lowest BCUT2D eigenvalue weighted by atomic mass is 10.5. The van der Waals surface area contributed by atoms with Crippen molar-refractivity contribution < 1.29 is 8.85 Å². The minimum Gasteiger partial charge on any atom is -0.395 e. The van der Waals surface area contributed by atoms with E-state index in [1.165, 1.54) is 0 Å². The lowest BCUT2D eigenvalue weighted by Crippen LogP contribution is -2.39. The Morgan fingerprint density at radius 1 is 1.15 bits per heavy atom. The Morgan fingerprint density at radius 3 is 1.92 bits per heavy atom. The van der Waals surface area contributed by atoms with Crippen LogP contribution in [0.5, 0.6) is 0 Å². The van der Waals surface area contributed by atoms with E-state index in [1.807, 2.05) is 13.8 Å². The highest BCUT2D eigenvalue weighted by Gasteiger charge is 2.29. The van der Waals surface area contributed by atoms with Gasteiger partial charge in [-0.2, -0.15) is 13.5 Å². The summed E-state index contributed by atoms with van der Waals surface area (Å²) in [5.41, 5.74) is 5.44. The molecule has 0 bridgehead atoms. The van der Waals surface area contributed by atoms with Crippen molar-refractivity contribution in [2.45, 2.75) is 32.9 Å². The van der Waals surface area contributed by atoms with E-state index in [-0.39, 0.29) is 13.5 Å². The molecule has 5 heteroatoms. The number of hydrogen-bond acceptors (Lipinski definition) is 3. The van der Waals surface area contributed by atoms with E-state index >= 15 is 0 Å².